The van der Waals surface area contributed by atoms with Crippen LogP contribution < -0.4 is 10.2 Å². The zero-order chi connectivity index (χ0) is 12.6. The van der Waals surface area contributed by atoms with Crippen molar-refractivity contribution >= 4 is 35.6 Å². The van der Waals surface area contributed by atoms with Crippen LogP contribution in [0.4, 0.5) is 5.69 Å². The molecule has 1 N–H and O–H groups in total. The molecule has 5 heteroatoms. The van der Waals surface area contributed by atoms with Gasteiger partial charge >= 0.3 is 0 Å². The van der Waals surface area contributed by atoms with E-state index >= 15 is 0 Å². The van der Waals surface area contributed by atoms with Crippen LogP contribution in [0, 0.1) is 5.41 Å². The molecular weight excluding hydrogens is 283 g/mol. The molecule has 3 rings (SSSR count). The van der Waals surface area contributed by atoms with Crippen LogP contribution in [-0.2, 0) is 4.79 Å². The van der Waals surface area contributed by atoms with E-state index in [1.807, 2.05) is 29.2 Å². The molecule has 19 heavy (non-hydrogen) atoms. The number of rotatable bonds is 1. The summed E-state index contributed by atoms with van der Waals surface area (Å²) in [6.45, 7) is 2.73. The molecule has 1 amide bonds. The van der Waals surface area contributed by atoms with Gasteiger partial charge in [-0.05, 0) is 50.6 Å². The van der Waals surface area contributed by atoms with Crippen molar-refractivity contribution in [2.24, 2.45) is 5.41 Å². The number of benzene rings is 1. The second kappa shape index (κ2) is 5.70. The first-order chi connectivity index (χ1) is 8.71. The Morgan fingerprint density at radius 1 is 1.21 bits per heavy atom. The maximum Gasteiger partial charge on any atom is 0.233 e. The summed E-state index contributed by atoms with van der Waals surface area (Å²) in [6, 6.07) is 7.58. The molecule has 0 unspecified atom stereocenters. The van der Waals surface area contributed by atoms with Gasteiger partial charge < -0.3 is 10.2 Å². The Hall–Kier alpha value is -0.770. The number of hydrogen-bond acceptors (Lipinski definition) is 2. The SMILES string of the molecule is Cl.O=C1N(c2cccc(Cl)c2)CCC12CCNCC2. The van der Waals surface area contributed by atoms with Crippen LogP contribution >= 0.6 is 24.0 Å². The lowest BCUT2D eigenvalue weighted by Crippen LogP contribution is -2.42. The van der Waals surface area contributed by atoms with Gasteiger partial charge in [0.1, 0.15) is 0 Å². The third kappa shape index (κ3) is 2.60. The number of carbonyl (C=O) groups excluding carboxylic acids is 1. The Morgan fingerprint density at radius 2 is 1.95 bits per heavy atom. The molecule has 0 radical (unpaired) electrons. The standard InChI is InChI=1S/C14H17ClN2O.ClH/c15-11-2-1-3-12(10-11)17-9-6-14(13(17)18)4-7-16-8-5-14;/h1-3,10,16H,4-9H2;1H. The molecule has 0 aromatic heterocycles. The largest absolute Gasteiger partial charge is 0.317 e. The maximum atomic E-state index is 12.6. The lowest BCUT2D eigenvalue weighted by molar-refractivity contribution is -0.126. The third-order valence-corrected chi connectivity index (χ3v) is 4.43. The minimum Gasteiger partial charge on any atom is -0.317 e. The van der Waals surface area contributed by atoms with Gasteiger partial charge in [-0.1, -0.05) is 17.7 Å². The first-order valence-corrected chi connectivity index (χ1v) is 6.87. The van der Waals surface area contributed by atoms with Crippen molar-refractivity contribution in [2.75, 3.05) is 24.5 Å². The summed E-state index contributed by atoms with van der Waals surface area (Å²) in [5.41, 5.74) is 0.816. The monoisotopic (exact) mass is 300 g/mol. The highest BCUT2D eigenvalue weighted by atomic mass is 35.5. The van der Waals surface area contributed by atoms with Crippen molar-refractivity contribution in [3.8, 4) is 0 Å². The van der Waals surface area contributed by atoms with Crippen molar-refractivity contribution in [2.45, 2.75) is 19.3 Å². The zero-order valence-electron chi connectivity index (χ0n) is 10.7. The van der Waals surface area contributed by atoms with Crippen LogP contribution in [-0.4, -0.2) is 25.5 Å². The fourth-order valence-corrected chi connectivity index (χ4v) is 3.26. The van der Waals surface area contributed by atoms with Gasteiger partial charge in [0, 0.05) is 17.3 Å². The van der Waals surface area contributed by atoms with E-state index in [2.05, 4.69) is 5.32 Å². The molecule has 1 spiro atoms. The molecule has 2 saturated heterocycles. The number of piperidine rings is 1. The number of nitrogens with one attached hydrogen (secondary N) is 1. The van der Waals surface area contributed by atoms with Crippen LogP contribution in [0.15, 0.2) is 24.3 Å². The Bertz CT molecular complexity index is 472. The van der Waals surface area contributed by atoms with Crippen molar-refractivity contribution in [3.63, 3.8) is 0 Å². The van der Waals surface area contributed by atoms with Gasteiger partial charge in [0.25, 0.3) is 0 Å². The molecule has 3 nitrogen and oxygen atoms in total. The van der Waals surface area contributed by atoms with Crippen molar-refractivity contribution < 1.29 is 4.79 Å². The average Bonchev–Trinajstić information content (AvgIpc) is 2.68. The summed E-state index contributed by atoms with van der Waals surface area (Å²) in [5, 5.41) is 4.01. The fraction of sp³-hybridized carbons (Fsp3) is 0.500. The van der Waals surface area contributed by atoms with E-state index in [4.69, 9.17) is 11.6 Å². The first-order valence-electron chi connectivity index (χ1n) is 6.50. The van der Waals surface area contributed by atoms with Crippen LogP contribution in [0.3, 0.4) is 0 Å². The van der Waals surface area contributed by atoms with Gasteiger partial charge in [-0.25, -0.2) is 0 Å². The molecule has 1 aromatic rings. The van der Waals surface area contributed by atoms with E-state index in [1.54, 1.807) is 0 Å². The second-order valence-corrected chi connectivity index (χ2v) is 5.65. The van der Waals surface area contributed by atoms with Crippen molar-refractivity contribution in [1.82, 2.24) is 5.32 Å². The molecule has 0 bridgehead atoms. The smallest absolute Gasteiger partial charge is 0.233 e. The van der Waals surface area contributed by atoms with Crippen molar-refractivity contribution in [1.29, 1.82) is 0 Å². The molecule has 0 aliphatic carbocycles. The minimum absolute atomic E-state index is 0. The number of anilines is 1. The maximum absolute atomic E-state index is 12.6. The lowest BCUT2D eigenvalue weighted by atomic mass is 9.78. The van der Waals surface area contributed by atoms with Gasteiger partial charge in [0.2, 0.25) is 5.91 Å². The quantitative estimate of drug-likeness (QED) is 0.865. The van der Waals surface area contributed by atoms with Crippen LogP contribution in [0.25, 0.3) is 0 Å². The zero-order valence-corrected chi connectivity index (χ0v) is 12.3. The molecule has 2 fully saturated rings. The van der Waals surface area contributed by atoms with E-state index in [1.165, 1.54) is 0 Å². The highest BCUT2D eigenvalue weighted by Gasteiger charge is 2.47. The summed E-state index contributed by atoms with van der Waals surface area (Å²) < 4.78 is 0. The average molecular weight is 301 g/mol. The number of hydrogen-bond donors (Lipinski definition) is 1. The van der Waals surface area contributed by atoms with E-state index in [-0.39, 0.29) is 23.7 Å². The van der Waals surface area contributed by atoms with Crippen LogP contribution in [0.5, 0.6) is 0 Å². The summed E-state index contributed by atoms with van der Waals surface area (Å²) in [5.74, 6) is 0.284. The predicted molar refractivity (Wildman–Crippen MR) is 80.2 cm³/mol. The van der Waals surface area contributed by atoms with Crippen molar-refractivity contribution in [3.05, 3.63) is 29.3 Å². The minimum atomic E-state index is -0.117. The molecule has 2 heterocycles. The Morgan fingerprint density at radius 3 is 2.63 bits per heavy atom. The third-order valence-electron chi connectivity index (χ3n) is 4.19. The molecule has 104 valence electrons. The Labute approximate surface area is 124 Å². The number of halogens is 2. The summed E-state index contributed by atoms with van der Waals surface area (Å²) >= 11 is 6.00. The van der Waals surface area contributed by atoms with Gasteiger partial charge in [-0.15, -0.1) is 12.4 Å². The van der Waals surface area contributed by atoms with Gasteiger partial charge in [-0.3, -0.25) is 4.79 Å². The molecule has 0 atom stereocenters. The van der Waals surface area contributed by atoms with Gasteiger partial charge in [0.15, 0.2) is 0 Å². The van der Waals surface area contributed by atoms with Crippen LogP contribution in [0.1, 0.15) is 19.3 Å². The molecule has 2 aliphatic heterocycles. The Kier molecular flexibility index (Phi) is 4.39. The molecule has 2 aliphatic rings. The van der Waals surface area contributed by atoms with Crippen LogP contribution in [0.2, 0.25) is 5.02 Å². The normalized spacial score (nSPS) is 21.5. The summed E-state index contributed by atoms with van der Waals surface area (Å²) in [7, 11) is 0. The molecule has 0 saturated carbocycles. The van der Waals surface area contributed by atoms with E-state index in [0.717, 1.165) is 44.6 Å². The lowest BCUT2D eigenvalue weighted by Gasteiger charge is -2.32. The number of amides is 1. The fourth-order valence-electron chi connectivity index (χ4n) is 3.08. The molecule has 1 aromatic carbocycles. The molecular formula is C14H18Cl2N2O. The summed E-state index contributed by atoms with van der Waals surface area (Å²) in [4.78, 5) is 14.5. The van der Waals surface area contributed by atoms with E-state index in [0.29, 0.717) is 5.02 Å². The topological polar surface area (TPSA) is 32.3 Å². The van der Waals surface area contributed by atoms with E-state index < -0.39 is 0 Å². The predicted octanol–water partition coefficient (Wildman–Crippen LogP) is 2.87. The number of nitrogens with zero attached hydrogens (tertiary/aromatic N) is 1. The highest BCUT2D eigenvalue weighted by Crippen LogP contribution is 2.41. The first kappa shape index (κ1) is 14.6. The van der Waals surface area contributed by atoms with E-state index in [9.17, 15) is 4.79 Å². The van der Waals surface area contributed by atoms with Gasteiger partial charge in [-0.2, -0.15) is 0 Å². The highest BCUT2D eigenvalue weighted by molar-refractivity contribution is 6.31. The van der Waals surface area contributed by atoms with Gasteiger partial charge in [0.05, 0.1) is 5.41 Å². The number of carbonyl (C=O) groups is 1. The second-order valence-electron chi connectivity index (χ2n) is 5.22. The Balaban J connectivity index is 0.00000133. The summed E-state index contributed by atoms with van der Waals surface area (Å²) in [6.07, 6.45) is 2.89.